The molecule has 3 rings (SSSR count). The number of rotatable bonds is 2. The van der Waals surface area contributed by atoms with Crippen molar-refractivity contribution >= 4 is 49.9 Å². The monoisotopic (exact) mass is 334 g/mol. The average Bonchev–Trinajstić information content (AvgIpc) is 2.41. The zero-order chi connectivity index (χ0) is 13.2. The first-order chi connectivity index (χ1) is 9.22. The molecule has 2 aromatic heterocycles. The van der Waals surface area contributed by atoms with Gasteiger partial charge in [-0.25, -0.2) is 0 Å². The molecule has 94 valence electrons. The molecule has 0 aliphatic carbocycles. The van der Waals surface area contributed by atoms with Gasteiger partial charge in [0, 0.05) is 16.1 Å². The number of halogens is 2. The number of aromatic nitrogens is 3. The number of hydrogen-bond acceptors (Lipinski definition) is 4. The molecular weight excluding hydrogens is 328 g/mol. The predicted molar refractivity (Wildman–Crippen MR) is 79.8 cm³/mol. The van der Waals surface area contributed by atoms with Crippen molar-refractivity contribution in [1.82, 2.24) is 15.2 Å². The molecule has 0 unspecified atom stereocenters. The summed E-state index contributed by atoms with van der Waals surface area (Å²) in [5, 5.41) is 12.4. The lowest BCUT2D eigenvalue weighted by molar-refractivity contribution is 1.04. The average molecular weight is 336 g/mol. The van der Waals surface area contributed by atoms with Crippen LogP contribution in [0.25, 0.3) is 10.9 Å². The van der Waals surface area contributed by atoms with Crippen LogP contribution >= 0.6 is 27.5 Å². The molecule has 19 heavy (non-hydrogen) atoms. The summed E-state index contributed by atoms with van der Waals surface area (Å²) in [6.45, 7) is 0. The highest BCUT2D eigenvalue weighted by Crippen LogP contribution is 2.25. The van der Waals surface area contributed by atoms with Crippen molar-refractivity contribution in [2.75, 3.05) is 5.32 Å². The lowest BCUT2D eigenvalue weighted by Crippen LogP contribution is -1.96. The van der Waals surface area contributed by atoms with Gasteiger partial charge in [0.05, 0.1) is 11.2 Å². The van der Waals surface area contributed by atoms with E-state index in [0.29, 0.717) is 11.0 Å². The van der Waals surface area contributed by atoms with Gasteiger partial charge in [-0.1, -0.05) is 23.7 Å². The maximum atomic E-state index is 5.71. The standard InChI is InChI=1S/C13H8BrClN4/c14-9-6-8-2-1-3-10(13(8)16-7-9)17-12-5-4-11(15)18-19-12/h1-7H,(H,17,19). The molecule has 0 fully saturated rings. The maximum Gasteiger partial charge on any atom is 0.153 e. The summed E-state index contributed by atoms with van der Waals surface area (Å²) in [4.78, 5) is 4.41. The Morgan fingerprint density at radius 1 is 1.11 bits per heavy atom. The number of pyridine rings is 1. The third-order valence-electron chi connectivity index (χ3n) is 2.57. The highest BCUT2D eigenvalue weighted by molar-refractivity contribution is 9.10. The van der Waals surface area contributed by atoms with Crippen molar-refractivity contribution in [2.45, 2.75) is 0 Å². The Morgan fingerprint density at radius 2 is 2.00 bits per heavy atom. The summed E-state index contributed by atoms with van der Waals surface area (Å²) in [6, 6.07) is 11.4. The third kappa shape index (κ3) is 2.67. The Labute approximate surface area is 123 Å². The summed E-state index contributed by atoms with van der Waals surface area (Å²) in [5.41, 5.74) is 1.75. The Hall–Kier alpha value is -1.72. The molecule has 0 radical (unpaired) electrons. The first-order valence-electron chi connectivity index (χ1n) is 5.53. The molecule has 0 amide bonds. The van der Waals surface area contributed by atoms with E-state index in [1.165, 1.54) is 0 Å². The zero-order valence-corrected chi connectivity index (χ0v) is 12.0. The van der Waals surface area contributed by atoms with Crippen LogP contribution in [0.1, 0.15) is 0 Å². The number of nitrogens with zero attached hydrogens (tertiary/aromatic N) is 3. The predicted octanol–water partition coefficient (Wildman–Crippen LogP) is 4.18. The fraction of sp³-hybridized carbons (Fsp3) is 0. The zero-order valence-electron chi connectivity index (χ0n) is 9.64. The van der Waals surface area contributed by atoms with E-state index in [1.54, 1.807) is 18.3 Å². The van der Waals surface area contributed by atoms with Crippen LogP contribution in [0.4, 0.5) is 11.5 Å². The largest absolute Gasteiger partial charge is 0.337 e. The van der Waals surface area contributed by atoms with Gasteiger partial charge in [0.25, 0.3) is 0 Å². The second-order valence-corrected chi connectivity index (χ2v) is 5.20. The number of para-hydroxylation sites is 1. The van der Waals surface area contributed by atoms with Crippen LogP contribution in [0, 0.1) is 0 Å². The molecule has 4 nitrogen and oxygen atoms in total. The highest BCUT2D eigenvalue weighted by Gasteiger charge is 2.04. The number of fused-ring (bicyclic) bond motifs is 1. The van der Waals surface area contributed by atoms with E-state index < -0.39 is 0 Å². The van der Waals surface area contributed by atoms with Crippen LogP contribution in [-0.2, 0) is 0 Å². The van der Waals surface area contributed by atoms with Gasteiger partial charge in [0.15, 0.2) is 11.0 Å². The molecule has 0 aliphatic heterocycles. The quantitative estimate of drug-likeness (QED) is 0.763. The van der Waals surface area contributed by atoms with Gasteiger partial charge in [-0.2, -0.15) is 0 Å². The molecule has 0 aliphatic rings. The topological polar surface area (TPSA) is 50.7 Å². The van der Waals surface area contributed by atoms with Crippen LogP contribution in [0.2, 0.25) is 5.15 Å². The van der Waals surface area contributed by atoms with E-state index in [1.807, 2.05) is 24.3 Å². The second-order valence-electron chi connectivity index (χ2n) is 3.90. The van der Waals surface area contributed by atoms with Gasteiger partial charge in [-0.3, -0.25) is 4.98 Å². The number of anilines is 2. The van der Waals surface area contributed by atoms with Gasteiger partial charge in [0.2, 0.25) is 0 Å². The Bertz CT molecular complexity index is 730. The number of benzene rings is 1. The lowest BCUT2D eigenvalue weighted by Gasteiger charge is -2.08. The van der Waals surface area contributed by atoms with E-state index in [2.05, 4.69) is 36.4 Å². The Balaban J connectivity index is 2.03. The summed E-state index contributed by atoms with van der Waals surface area (Å²) >= 11 is 9.12. The normalized spacial score (nSPS) is 10.6. The minimum atomic E-state index is 0.366. The van der Waals surface area contributed by atoms with Gasteiger partial charge < -0.3 is 5.32 Å². The molecule has 0 saturated carbocycles. The van der Waals surface area contributed by atoms with Gasteiger partial charge >= 0.3 is 0 Å². The van der Waals surface area contributed by atoms with Gasteiger partial charge in [-0.15, -0.1) is 10.2 Å². The first-order valence-corrected chi connectivity index (χ1v) is 6.70. The molecule has 2 heterocycles. The van der Waals surface area contributed by atoms with E-state index in [9.17, 15) is 0 Å². The summed E-state index contributed by atoms with van der Waals surface area (Å²) in [7, 11) is 0. The second kappa shape index (κ2) is 5.11. The van der Waals surface area contributed by atoms with Crippen molar-refractivity contribution in [2.24, 2.45) is 0 Å². The molecule has 3 aromatic rings. The van der Waals surface area contributed by atoms with Crippen LogP contribution in [0.3, 0.4) is 0 Å². The van der Waals surface area contributed by atoms with E-state index in [0.717, 1.165) is 21.1 Å². The molecule has 0 atom stereocenters. The SMILES string of the molecule is Clc1ccc(Nc2cccc3cc(Br)cnc23)nn1. The maximum absolute atomic E-state index is 5.71. The summed E-state index contributed by atoms with van der Waals surface area (Å²) < 4.78 is 0.948. The summed E-state index contributed by atoms with van der Waals surface area (Å²) in [6.07, 6.45) is 1.76. The first kappa shape index (κ1) is 12.3. The van der Waals surface area contributed by atoms with Crippen molar-refractivity contribution in [3.8, 4) is 0 Å². The van der Waals surface area contributed by atoms with Crippen LogP contribution in [0.5, 0.6) is 0 Å². The fourth-order valence-electron chi connectivity index (χ4n) is 1.76. The Morgan fingerprint density at radius 3 is 2.79 bits per heavy atom. The van der Waals surface area contributed by atoms with E-state index in [4.69, 9.17) is 11.6 Å². The molecular formula is C13H8BrClN4. The minimum absolute atomic E-state index is 0.366. The van der Waals surface area contributed by atoms with Crippen LogP contribution in [-0.4, -0.2) is 15.2 Å². The fourth-order valence-corrected chi connectivity index (χ4v) is 2.21. The van der Waals surface area contributed by atoms with Gasteiger partial charge in [0.1, 0.15) is 0 Å². The Kier molecular flexibility index (Phi) is 3.31. The number of hydrogen-bond donors (Lipinski definition) is 1. The molecule has 1 N–H and O–H groups in total. The van der Waals surface area contributed by atoms with Crippen molar-refractivity contribution < 1.29 is 0 Å². The molecule has 1 aromatic carbocycles. The molecule has 6 heteroatoms. The molecule has 0 spiro atoms. The smallest absolute Gasteiger partial charge is 0.153 e. The molecule has 0 bridgehead atoms. The lowest BCUT2D eigenvalue weighted by atomic mass is 10.2. The van der Waals surface area contributed by atoms with Crippen molar-refractivity contribution in [3.63, 3.8) is 0 Å². The summed E-state index contributed by atoms with van der Waals surface area (Å²) in [5.74, 6) is 0.626. The molecule has 0 saturated heterocycles. The van der Waals surface area contributed by atoms with Crippen molar-refractivity contribution in [3.05, 3.63) is 52.2 Å². The van der Waals surface area contributed by atoms with Crippen LogP contribution < -0.4 is 5.32 Å². The van der Waals surface area contributed by atoms with E-state index in [-0.39, 0.29) is 0 Å². The highest BCUT2D eigenvalue weighted by atomic mass is 79.9. The third-order valence-corrected chi connectivity index (χ3v) is 3.21. The minimum Gasteiger partial charge on any atom is -0.337 e. The van der Waals surface area contributed by atoms with Crippen molar-refractivity contribution in [1.29, 1.82) is 0 Å². The van der Waals surface area contributed by atoms with E-state index >= 15 is 0 Å². The van der Waals surface area contributed by atoms with Gasteiger partial charge in [-0.05, 0) is 40.2 Å². The van der Waals surface area contributed by atoms with Crippen LogP contribution in [0.15, 0.2) is 47.1 Å². The number of nitrogens with one attached hydrogen (secondary N) is 1.